The number of benzene rings is 1. The van der Waals surface area contributed by atoms with Crippen molar-refractivity contribution < 1.29 is 9.53 Å². The van der Waals surface area contributed by atoms with E-state index in [1.165, 1.54) is 7.11 Å². The van der Waals surface area contributed by atoms with Crippen LogP contribution in [-0.4, -0.2) is 29.3 Å². The number of rotatable bonds is 5. The number of nitrogens with one attached hydrogen (secondary N) is 1. The summed E-state index contributed by atoms with van der Waals surface area (Å²) in [5.74, 6) is -0.0287. The zero-order valence-electron chi connectivity index (χ0n) is 13.5. The predicted molar refractivity (Wildman–Crippen MR) is 91.7 cm³/mol. The van der Waals surface area contributed by atoms with Crippen LogP contribution in [0.3, 0.4) is 0 Å². The lowest BCUT2D eigenvalue weighted by Gasteiger charge is -2.12. The monoisotopic (exact) mass is 355 g/mol. The summed E-state index contributed by atoms with van der Waals surface area (Å²) in [6.07, 6.45) is 0.692. The van der Waals surface area contributed by atoms with Crippen LogP contribution in [-0.2, 0) is 13.5 Å². The third-order valence-corrected chi connectivity index (χ3v) is 4.42. The smallest absolute Gasteiger partial charge is 0.256 e. The van der Waals surface area contributed by atoms with Gasteiger partial charge in [0, 0.05) is 19.3 Å². The van der Waals surface area contributed by atoms with Gasteiger partial charge in [-0.1, -0.05) is 23.2 Å². The molecule has 0 saturated heterocycles. The van der Waals surface area contributed by atoms with Crippen molar-refractivity contribution in [3.63, 3.8) is 0 Å². The van der Waals surface area contributed by atoms with E-state index >= 15 is 0 Å². The number of methoxy groups -OCH3 is 1. The third-order valence-electron chi connectivity index (χ3n) is 3.81. The Hall–Kier alpha value is -1.72. The molecule has 0 aliphatic carbocycles. The average molecular weight is 356 g/mol. The van der Waals surface area contributed by atoms with Crippen LogP contribution in [0.15, 0.2) is 12.1 Å². The van der Waals surface area contributed by atoms with Crippen molar-refractivity contribution in [2.24, 2.45) is 7.05 Å². The quantitative estimate of drug-likeness (QED) is 0.894. The van der Waals surface area contributed by atoms with E-state index in [1.54, 1.807) is 12.1 Å². The number of amides is 1. The second kappa shape index (κ2) is 7.23. The highest BCUT2D eigenvalue weighted by Gasteiger charge is 2.19. The Bertz CT molecular complexity index is 741. The van der Waals surface area contributed by atoms with E-state index in [0.717, 1.165) is 17.0 Å². The highest BCUT2D eigenvalue weighted by Crippen LogP contribution is 2.33. The van der Waals surface area contributed by atoms with Crippen LogP contribution in [0, 0.1) is 13.8 Å². The molecule has 0 saturated carbocycles. The number of hydrogen-bond donors (Lipinski definition) is 1. The normalized spacial score (nSPS) is 10.7. The lowest BCUT2D eigenvalue weighted by atomic mass is 10.1. The summed E-state index contributed by atoms with van der Waals surface area (Å²) in [5, 5.41) is 7.87. The Morgan fingerprint density at radius 2 is 1.96 bits per heavy atom. The third kappa shape index (κ3) is 3.62. The molecule has 0 atom stereocenters. The average Bonchev–Trinajstić information content (AvgIpc) is 2.75. The fourth-order valence-corrected chi connectivity index (χ4v) is 2.98. The van der Waals surface area contributed by atoms with Gasteiger partial charge in [-0.15, -0.1) is 0 Å². The van der Waals surface area contributed by atoms with Gasteiger partial charge in [0.25, 0.3) is 5.91 Å². The van der Waals surface area contributed by atoms with E-state index in [-0.39, 0.29) is 17.2 Å². The number of aryl methyl sites for hydroxylation is 2. The first kappa shape index (κ1) is 17.6. The molecule has 1 N–H and O–H groups in total. The van der Waals surface area contributed by atoms with Crippen LogP contribution in [0.4, 0.5) is 0 Å². The molecule has 0 fully saturated rings. The molecule has 0 radical (unpaired) electrons. The molecule has 2 rings (SSSR count). The topological polar surface area (TPSA) is 56.1 Å². The summed E-state index contributed by atoms with van der Waals surface area (Å²) in [6.45, 7) is 4.44. The van der Waals surface area contributed by atoms with Gasteiger partial charge in [-0.05, 0) is 38.0 Å². The molecule has 0 unspecified atom stereocenters. The molecule has 0 spiro atoms. The van der Waals surface area contributed by atoms with E-state index in [4.69, 9.17) is 27.9 Å². The van der Waals surface area contributed by atoms with Crippen LogP contribution in [0.1, 0.15) is 27.3 Å². The van der Waals surface area contributed by atoms with Crippen LogP contribution >= 0.6 is 23.2 Å². The van der Waals surface area contributed by atoms with Gasteiger partial charge in [-0.2, -0.15) is 5.10 Å². The van der Waals surface area contributed by atoms with Crippen molar-refractivity contribution in [2.75, 3.05) is 13.7 Å². The lowest BCUT2D eigenvalue weighted by Crippen LogP contribution is -2.26. The highest BCUT2D eigenvalue weighted by molar-refractivity contribution is 6.37. The van der Waals surface area contributed by atoms with Gasteiger partial charge in [-0.3, -0.25) is 9.48 Å². The van der Waals surface area contributed by atoms with Gasteiger partial charge >= 0.3 is 0 Å². The summed E-state index contributed by atoms with van der Waals surface area (Å²) in [6, 6.07) is 3.18. The van der Waals surface area contributed by atoms with Crippen LogP contribution in [0.25, 0.3) is 0 Å². The molecule has 124 valence electrons. The SMILES string of the molecule is COc1c(Cl)ccc(Cl)c1C(=O)NCCc1c(C)nn(C)c1C. The van der Waals surface area contributed by atoms with Crippen molar-refractivity contribution in [1.82, 2.24) is 15.1 Å². The summed E-state index contributed by atoms with van der Waals surface area (Å²) in [5.41, 5.74) is 3.45. The molecule has 0 aliphatic heterocycles. The largest absolute Gasteiger partial charge is 0.494 e. The van der Waals surface area contributed by atoms with E-state index < -0.39 is 0 Å². The Balaban J connectivity index is 2.10. The maximum atomic E-state index is 12.4. The molecule has 7 heteroatoms. The molecule has 1 aromatic carbocycles. The van der Waals surface area contributed by atoms with Gasteiger partial charge in [0.15, 0.2) is 5.75 Å². The summed E-state index contributed by atoms with van der Waals surface area (Å²) < 4.78 is 7.03. The maximum Gasteiger partial charge on any atom is 0.256 e. The van der Waals surface area contributed by atoms with Gasteiger partial charge in [0.1, 0.15) is 5.56 Å². The van der Waals surface area contributed by atoms with E-state index in [2.05, 4.69) is 10.4 Å². The van der Waals surface area contributed by atoms with Crippen molar-refractivity contribution in [3.8, 4) is 5.75 Å². The minimum absolute atomic E-state index is 0.251. The summed E-state index contributed by atoms with van der Waals surface area (Å²) >= 11 is 12.2. The summed E-state index contributed by atoms with van der Waals surface area (Å²) in [4.78, 5) is 12.4. The Morgan fingerprint density at radius 1 is 1.30 bits per heavy atom. The van der Waals surface area contributed by atoms with Crippen LogP contribution in [0.5, 0.6) is 5.75 Å². The number of carbonyl (C=O) groups is 1. The van der Waals surface area contributed by atoms with Crippen LogP contribution < -0.4 is 10.1 Å². The van der Waals surface area contributed by atoms with Gasteiger partial charge < -0.3 is 10.1 Å². The molecule has 1 aromatic heterocycles. The Kier molecular flexibility index (Phi) is 5.55. The second-order valence-corrected chi connectivity index (χ2v) is 6.03. The zero-order valence-corrected chi connectivity index (χ0v) is 15.0. The Morgan fingerprint density at radius 3 is 2.52 bits per heavy atom. The van der Waals surface area contributed by atoms with E-state index in [9.17, 15) is 4.79 Å². The first-order valence-corrected chi connectivity index (χ1v) is 7.91. The van der Waals surface area contributed by atoms with Crippen LogP contribution in [0.2, 0.25) is 10.0 Å². The van der Waals surface area contributed by atoms with Gasteiger partial charge in [0.2, 0.25) is 0 Å². The Labute approximate surface area is 145 Å². The molecule has 0 bridgehead atoms. The van der Waals surface area contributed by atoms with Crippen molar-refractivity contribution in [3.05, 3.63) is 44.7 Å². The van der Waals surface area contributed by atoms with Crippen molar-refractivity contribution >= 4 is 29.1 Å². The number of nitrogens with zero attached hydrogens (tertiary/aromatic N) is 2. The minimum Gasteiger partial charge on any atom is -0.494 e. The lowest BCUT2D eigenvalue weighted by molar-refractivity contribution is 0.0951. The maximum absolute atomic E-state index is 12.4. The minimum atomic E-state index is -0.312. The molecule has 2 aromatic rings. The van der Waals surface area contributed by atoms with E-state index in [1.807, 2.05) is 25.6 Å². The van der Waals surface area contributed by atoms with Crippen molar-refractivity contribution in [2.45, 2.75) is 20.3 Å². The zero-order chi connectivity index (χ0) is 17.1. The first-order chi connectivity index (χ1) is 10.9. The van der Waals surface area contributed by atoms with Gasteiger partial charge in [0.05, 0.1) is 22.8 Å². The highest BCUT2D eigenvalue weighted by atomic mass is 35.5. The summed E-state index contributed by atoms with van der Waals surface area (Å²) in [7, 11) is 3.36. The number of carbonyl (C=O) groups excluding carboxylic acids is 1. The number of ether oxygens (including phenoxy) is 1. The molecule has 1 amide bonds. The van der Waals surface area contributed by atoms with Gasteiger partial charge in [-0.25, -0.2) is 0 Å². The molecule has 0 aliphatic rings. The number of halogens is 2. The first-order valence-electron chi connectivity index (χ1n) is 7.16. The predicted octanol–water partition coefficient (Wildman–Crippen LogP) is 3.32. The second-order valence-electron chi connectivity index (χ2n) is 5.22. The molecule has 23 heavy (non-hydrogen) atoms. The fraction of sp³-hybridized carbons (Fsp3) is 0.375. The molecular formula is C16H19Cl2N3O2. The molecule has 5 nitrogen and oxygen atoms in total. The fourth-order valence-electron chi connectivity index (χ4n) is 2.51. The molecule has 1 heterocycles. The molecular weight excluding hydrogens is 337 g/mol. The number of aromatic nitrogens is 2. The van der Waals surface area contributed by atoms with E-state index in [0.29, 0.717) is 23.0 Å². The van der Waals surface area contributed by atoms with Crippen molar-refractivity contribution in [1.29, 1.82) is 0 Å². The number of hydrogen-bond acceptors (Lipinski definition) is 3. The standard InChI is InChI=1S/C16H19Cl2N3O2/c1-9-11(10(2)21(3)20-9)7-8-19-16(22)14-12(17)5-6-13(18)15(14)23-4/h5-6H,7-8H2,1-4H3,(H,19,22).